The van der Waals surface area contributed by atoms with Crippen molar-refractivity contribution < 1.29 is 18.7 Å². The van der Waals surface area contributed by atoms with Crippen molar-refractivity contribution in [2.75, 3.05) is 25.5 Å². The van der Waals surface area contributed by atoms with E-state index < -0.39 is 6.10 Å². The van der Waals surface area contributed by atoms with Gasteiger partial charge < -0.3 is 19.7 Å². The van der Waals surface area contributed by atoms with Crippen LogP contribution in [0.2, 0.25) is 0 Å². The molecule has 1 unspecified atom stereocenters. The molecule has 3 rings (SSSR count). The molecule has 1 fully saturated rings. The molecular weight excluding hydrogens is 347 g/mol. The van der Waals surface area contributed by atoms with Crippen molar-refractivity contribution in [2.24, 2.45) is 0 Å². The summed E-state index contributed by atoms with van der Waals surface area (Å²) < 4.78 is 24.5. The molecule has 1 heterocycles. The lowest BCUT2D eigenvalue weighted by Crippen LogP contribution is -2.35. The zero-order valence-corrected chi connectivity index (χ0v) is 15.7. The molecule has 5 nitrogen and oxygen atoms in total. The molecule has 1 N–H and O–H groups in total. The fourth-order valence-electron chi connectivity index (χ4n) is 2.93. The lowest BCUT2D eigenvalue weighted by atomic mass is 10.1. The first kappa shape index (κ1) is 19.2. The van der Waals surface area contributed by atoms with Gasteiger partial charge in [-0.25, -0.2) is 4.39 Å². The molecule has 1 atom stereocenters. The number of nitrogens with one attached hydrogen (secondary N) is 1. The second-order valence-electron chi connectivity index (χ2n) is 6.85. The Morgan fingerprint density at radius 2 is 1.67 bits per heavy atom. The Bertz CT molecular complexity index is 741. The van der Waals surface area contributed by atoms with Crippen LogP contribution >= 0.6 is 0 Å². The summed E-state index contributed by atoms with van der Waals surface area (Å²) in [5, 5.41) is 2.81. The van der Waals surface area contributed by atoms with Crippen molar-refractivity contribution in [1.82, 2.24) is 4.90 Å². The van der Waals surface area contributed by atoms with Crippen LogP contribution in [0, 0.1) is 5.82 Å². The summed E-state index contributed by atoms with van der Waals surface area (Å²) in [6.07, 6.45) is 1.58. The monoisotopic (exact) mass is 372 g/mol. The number of carbonyl (C=O) groups excluding carboxylic acids is 1. The smallest absolute Gasteiger partial charge is 0.265 e. The Kier molecular flexibility index (Phi) is 6.29. The second kappa shape index (κ2) is 8.86. The number of likely N-dealkylation sites (tertiary alicyclic amines) is 1. The molecule has 1 saturated heterocycles. The van der Waals surface area contributed by atoms with Gasteiger partial charge in [0.15, 0.2) is 6.10 Å². The van der Waals surface area contributed by atoms with Gasteiger partial charge in [0.05, 0.1) is 0 Å². The maximum atomic E-state index is 12.9. The van der Waals surface area contributed by atoms with Gasteiger partial charge in [-0.1, -0.05) is 0 Å². The Morgan fingerprint density at radius 3 is 2.30 bits per heavy atom. The van der Waals surface area contributed by atoms with E-state index in [-0.39, 0.29) is 17.8 Å². The molecule has 1 aliphatic rings. The van der Waals surface area contributed by atoms with Crippen LogP contribution in [-0.4, -0.2) is 43.2 Å². The second-order valence-corrected chi connectivity index (χ2v) is 6.85. The van der Waals surface area contributed by atoms with E-state index in [0.717, 1.165) is 31.7 Å². The van der Waals surface area contributed by atoms with Gasteiger partial charge in [-0.3, -0.25) is 4.79 Å². The van der Waals surface area contributed by atoms with E-state index in [0.29, 0.717) is 11.4 Å². The highest BCUT2D eigenvalue weighted by Gasteiger charge is 2.18. The van der Waals surface area contributed by atoms with Gasteiger partial charge in [-0.2, -0.15) is 0 Å². The van der Waals surface area contributed by atoms with Crippen molar-refractivity contribution in [3.05, 3.63) is 54.3 Å². The zero-order chi connectivity index (χ0) is 19.2. The van der Waals surface area contributed by atoms with Gasteiger partial charge in [0.25, 0.3) is 5.91 Å². The number of carbonyl (C=O) groups is 1. The topological polar surface area (TPSA) is 50.8 Å². The van der Waals surface area contributed by atoms with Crippen LogP contribution in [-0.2, 0) is 4.79 Å². The highest BCUT2D eigenvalue weighted by Crippen LogP contribution is 2.21. The van der Waals surface area contributed by atoms with E-state index in [2.05, 4.69) is 17.3 Å². The fraction of sp³-hybridized carbons (Fsp3) is 0.381. The predicted octanol–water partition coefficient (Wildman–Crippen LogP) is 3.70. The minimum atomic E-state index is -0.703. The molecule has 0 spiro atoms. The Balaban J connectivity index is 1.49. The number of benzene rings is 2. The molecule has 1 amide bonds. The molecule has 0 aliphatic carbocycles. The lowest BCUT2D eigenvalue weighted by Gasteiger charge is -2.29. The fourth-order valence-corrected chi connectivity index (χ4v) is 2.93. The van der Waals surface area contributed by atoms with Crippen LogP contribution in [0.3, 0.4) is 0 Å². The van der Waals surface area contributed by atoms with Crippen molar-refractivity contribution in [3.63, 3.8) is 0 Å². The third-order valence-corrected chi connectivity index (χ3v) is 4.59. The van der Waals surface area contributed by atoms with Crippen LogP contribution in [0.15, 0.2) is 48.5 Å². The van der Waals surface area contributed by atoms with Gasteiger partial charge in [0.2, 0.25) is 0 Å². The molecule has 2 aromatic carbocycles. The van der Waals surface area contributed by atoms with Crippen molar-refractivity contribution >= 4 is 11.6 Å². The largest absolute Gasteiger partial charge is 0.490 e. The lowest BCUT2D eigenvalue weighted by molar-refractivity contribution is -0.122. The van der Waals surface area contributed by atoms with Gasteiger partial charge >= 0.3 is 0 Å². The molecule has 2 aromatic rings. The van der Waals surface area contributed by atoms with Crippen LogP contribution in [0.4, 0.5) is 10.1 Å². The highest BCUT2D eigenvalue weighted by atomic mass is 19.1. The molecule has 0 radical (unpaired) electrons. The number of hydrogen-bond donors (Lipinski definition) is 1. The van der Waals surface area contributed by atoms with E-state index in [4.69, 9.17) is 9.47 Å². The van der Waals surface area contributed by atoms with E-state index in [1.54, 1.807) is 6.92 Å². The maximum absolute atomic E-state index is 12.9. The summed E-state index contributed by atoms with van der Waals surface area (Å²) in [6.45, 7) is 3.74. The van der Waals surface area contributed by atoms with Crippen LogP contribution in [0.5, 0.6) is 11.5 Å². The zero-order valence-electron chi connectivity index (χ0n) is 15.7. The van der Waals surface area contributed by atoms with E-state index in [9.17, 15) is 9.18 Å². The first-order chi connectivity index (χ1) is 13.0. The van der Waals surface area contributed by atoms with Crippen LogP contribution < -0.4 is 14.8 Å². The average molecular weight is 372 g/mol. The van der Waals surface area contributed by atoms with E-state index in [1.807, 2.05) is 24.3 Å². The highest BCUT2D eigenvalue weighted by molar-refractivity contribution is 5.94. The number of amides is 1. The molecular formula is C21H25FN2O3. The molecule has 0 saturated carbocycles. The molecule has 27 heavy (non-hydrogen) atoms. The van der Waals surface area contributed by atoms with Crippen molar-refractivity contribution in [1.29, 1.82) is 0 Å². The molecule has 0 aromatic heterocycles. The summed E-state index contributed by atoms with van der Waals surface area (Å²) in [5.74, 6) is 0.629. The number of rotatable bonds is 6. The van der Waals surface area contributed by atoms with Crippen molar-refractivity contribution in [2.45, 2.75) is 32.0 Å². The average Bonchev–Trinajstić information content (AvgIpc) is 2.67. The summed E-state index contributed by atoms with van der Waals surface area (Å²) in [7, 11) is 2.12. The van der Waals surface area contributed by atoms with Crippen LogP contribution in [0.25, 0.3) is 0 Å². The number of nitrogens with zero attached hydrogens (tertiary/aromatic N) is 1. The first-order valence-electron chi connectivity index (χ1n) is 9.18. The number of anilines is 1. The Morgan fingerprint density at radius 1 is 1.07 bits per heavy atom. The Labute approximate surface area is 159 Å². The van der Waals surface area contributed by atoms with Gasteiger partial charge in [0.1, 0.15) is 23.4 Å². The minimum Gasteiger partial charge on any atom is -0.490 e. The maximum Gasteiger partial charge on any atom is 0.265 e. The van der Waals surface area contributed by atoms with Gasteiger partial charge in [0, 0.05) is 18.8 Å². The first-order valence-corrected chi connectivity index (χ1v) is 9.18. The summed E-state index contributed by atoms with van der Waals surface area (Å²) in [5.41, 5.74) is 0.672. The Hall–Kier alpha value is -2.60. The van der Waals surface area contributed by atoms with Gasteiger partial charge in [-0.05, 0) is 75.3 Å². The number of piperidine rings is 1. The quantitative estimate of drug-likeness (QED) is 0.840. The number of halogens is 1. The third kappa shape index (κ3) is 5.69. The summed E-state index contributed by atoms with van der Waals surface area (Å²) in [6, 6.07) is 12.9. The summed E-state index contributed by atoms with van der Waals surface area (Å²) in [4.78, 5) is 14.6. The SMILES string of the molecule is CC(Oc1ccc(F)cc1)C(=O)Nc1ccc(OC2CCN(C)CC2)cc1. The minimum absolute atomic E-state index is 0.241. The van der Waals surface area contributed by atoms with E-state index in [1.165, 1.54) is 24.3 Å². The molecule has 0 bridgehead atoms. The summed E-state index contributed by atoms with van der Waals surface area (Å²) >= 11 is 0. The normalized spacial score (nSPS) is 16.6. The number of ether oxygens (including phenoxy) is 2. The predicted molar refractivity (Wildman–Crippen MR) is 103 cm³/mol. The molecule has 144 valence electrons. The number of hydrogen-bond acceptors (Lipinski definition) is 4. The third-order valence-electron chi connectivity index (χ3n) is 4.59. The van der Waals surface area contributed by atoms with Crippen molar-refractivity contribution in [3.8, 4) is 11.5 Å². The molecule has 6 heteroatoms. The standard InChI is InChI=1S/C21H25FN2O3/c1-15(26-18-7-3-16(22)4-8-18)21(25)23-17-5-9-19(10-6-17)27-20-11-13-24(2)14-12-20/h3-10,15,20H,11-14H2,1-2H3,(H,23,25). The van der Waals surface area contributed by atoms with E-state index >= 15 is 0 Å². The van der Waals surface area contributed by atoms with Crippen LogP contribution in [0.1, 0.15) is 19.8 Å². The van der Waals surface area contributed by atoms with Gasteiger partial charge in [-0.15, -0.1) is 0 Å². The molecule has 1 aliphatic heterocycles.